The molecule has 0 saturated carbocycles. The van der Waals surface area contributed by atoms with Crippen LogP contribution in [0.5, 0.6) is 0 Å². The minimum atomic E-state index is -0.0914. The second-order valence-corrected chi connectivity index (χ2v) is 4.36. The first-order valence-corrected chi connectivity index (χ1v) is 6.48. The van der Waals surface area contributed by atoms with Crippen LogP contribution in [0.1, 0.15) is 36.0 Å². The number of benzene rings is 1. The van der Waals surface area contributed by atoms with E-state index in [1.807, 2.05) is 0 Å². The van der Waals surface area contributed by atoms with Crippen LogP contribution in [0, 0.1) is 0 Å². The normalized spacial score (nSPS) is 9.95. The Morgan fingerprint density at radius 2 is 1.79 bits per heavy atom. The Bertz CT molecular complexity index is 415. The Morgan fingerprint density at radius 3 is 2.42 bits per heavy atom. The van der Waals surface area contributed by atoms with Gasteiger partial charge in [0, 0.05) is 31.3 Å². The van der Waals surface area contributed by atoms with E-state index in [1.165, 1.54) is 0 Å². The number of nitrogens with two attached hydrogens (primary N) is 1. The van der Waals surface area contributed by atoms with Gasteiger partial charge in [0.15, 0.2) is 0 Å². The largest absolute Gasteiger partial charge is 0.399 e. The summed E-state index contributed by atoms with van der Waals surface area (Å²) in [4.78, 5) is 22.7. The van der Waals surface area contributed by atoms with E-state index in [0.717, 1.165) is 19.3 Å². The minimum Gasteiger partial charge on any atom is -0.399 e. The van der Waals surface area contributed by atoms with Crippen molar-refractivity contribution in [3.8, 4) is 0 Å². The number of amides is 2. The molecule has 1 aromatic carbocycles. The summed E-state index contributed by atoms with van der Waals surface area (Å²) in [6.45, 7) is 0.622. The van der Waals surface area contributed by atoms with Gasteiger partial charge >= 0.3 is 0 Å². The number of carbonyl (C=O) groups is 2. The van der Waals surface area contributed by atoms with Gasteiger partial charge in [0.2, 0.25) is 5.91 Å². The van der Waals surface area contributed by atoms with Gasteiger partial charge in [-0.2, -0.15) is 0 Å². The molecule has 0 heterocycles. The van der Waals surface area contributed by atoms with E-state index in [0.29, 0.717) is 24.2 Å². The van der Waals surface area contributed by atoms with Crippen LogP contribution in [0.2, 0.25) is 0 Å². The number of hydrogen-bond donors (Lipinski definition) is 3. The maximum atomic E-state index is 11.7. The monoisotopic (exact) mass is 263 g/mol. The van der Waals surface area contributed by atoms with Gasteiger partial charge in [-0.25, -0.2) is 0 Å². The number of anilines is 1. The summed E-state index contributed by atoms with van der Waals surface area (Å²) in [5.41, 5.74) is 6.81. The smallest absolute Gasteiger partial charge is 0.251 e. The van der Waals surface area contributed by atoms with Crippen LogP contribution in [0.3, 0.4) is 0 Å². The Hall–Kier alpha value is -2.04. The molecule has 19 heavy (non-hydrogen) atoms. The summed E-state index contributed by atoms with van der Waals surface area (Å²) < 4.78 is 0. The van der Waals surface area contributed by atoms with Crippen molar-refractivity contribution in [3.05, 3.63) is 29.8 Å². The molecule has 0 aromatic heterocycles. The molecule has 0 spiro atoms. The highest BCUT2D eigenvalue weighted by Gasteiger charge is 2.04. The van der Waals surface area contributed by atoms with E-state index in [9.17, 15) is 9.59 Å². The van der Waals surface area contributed by atoms with E-state index in [-0.39, 0.29) is 11.8 Å². The Balaban J connectivity index is 2.14. The minimum absolute atomic E-state index is 0.0610. The van der Waals surface area contributed by atoms with E-state index < -0.39 is 0 Å². The van der Waals surface area contributed by atoms with Gasteiger partial charge in [-0.3, -0.25) is 9.59 Å². The lowest BCUT2D eigenvalue weighted by molar-refractivity contribution is -0.120. The second-order valence-electron chi connectivity index (χ2n) is 4.36. The van der Waals surface area contributed by atoms with Crippen molar-refractivity contribution in [2.45, 2.75) is 25.7 Å². The first kappa shape index (κ1) is 15.0. The van der Waals surface area contributed by atoms with Crippen LogP contribution in [-0.4, -0.2) is 25.4 Å². The molecular formula is C14H21N3O2. The topological polar surface area (TPSA) is 84.2 Å². The zero-order chi connectivity index (χ0) is 14.1. The molecule has 5 nitrogen and oxygen atoms in total. The van der Waals surface area contributed by atoms with Crippen LogP contribution in [0.25, 0.3) is 0 Å². The van der Waals surface area contributed by atoms with E-state index in [1.54, 1.807) is 31.3 Å². The Kier molecular flexibility index (Phi) is 6.43. The molecule has 0 bridgehead atoms. The molecule has 4 N–H and O–H groups in total. The number of nitrogens with one attached hydrogen (secondary N) is 2. The quantitative estimate of drug-likeness (QED) is 0.512. The van der Waals surface area contributed by atoms with E-state index in [4.69, 9.17) is 5.73 Å². The average molecular weight is 263 g/mol. The molecule has 0 aliphatic rings. The van der Waals surface area contributed by atoms with Gasteiger partial charge < -0.3 is 16.4 Å². The fraction of sp³-hybridized carbons (Fsp3) is 0.429. The zero-order valence-electron chi connectivity index (χ0n) is 11.2. The van der Waals surface area contributed by atoms with E-state index in [2.05, 4.69) is 10.6 Å². The molecule has 1 aromatic rings. The average Bonchev–Trinajstić information content (AvgIpc) is 2.42. The first-order valence-electron chi connectivity index (χ1n) is 6.48. The van der Waals surface area contributed by atoms with Crippen molar-refractivity contribution in [2.75, 3.05) is 19.3 Å². The second kappa shape index (κ2) is 8.13. The third kappa shape index (κ3) is 5.90. The molecule has 1 rings (SSSR count). The number of hydrogen-bond acceptors (Lipinski definition) is 3. The van der Waals surface area contributed by atoms with Crippen molar-refractivity contribution in [1.82, 2.24) is 10.6 Å². The predicted molar refractivity (Wildman–Crippen MR) is 75.7 cm³/mol. The third-order valence-corrected chi connectivity index (χ3v) is 2.82. The highest BCUT2D eigenvalue weighted by atomic mass is 16.2. The number of nitrogen functional groups attached to an aromatic ring is 1. The Morgan fingerprint density at radius 1 is 1.11 bits per heavy atom. The number of unbranched alkanes of at least 4 members (excludes halogenated alkanes) is 2. The summed E-state index contributed by atoms with van der Waals surface area (Å²) in [5.74, 6) is -0.0304. The fourth-order valence-electron chi connectivity index (χ4n) is 1.65. The van der Waals surface area contributed by atoms with Crippen molar-refractivity contribution in [2.24, 2.45) is 0 Å². The molecule has 0 saturated heterocycles. The van der Waals surface area contributed by atoms with Gasteiger partial charge in [0.1, 0.15) is 0 Å². The first-order chi connectivity index (χ1) is 9.13. The molecule has 0 fully saturated rings. The molecule has 5 heteroatoms. The molecule has 0 radical (unpaired) electrons. The van der Waals surface area contributed by atoms with Crippen LogP contribution in [-0.2, 0) is 4.79 Å². The predicted octanol–water partition coefficient (Wildman–Crippen LogP) is 1.30. The standard InChI is InChI=1S/C14H21N3O2/c1-16-13(18)5-3-2-4-10-17-14(19)11-6-8-12(15)9-7-11/h6-9H,2-5,10,15H2,1H3,(H,16,18)(H,17,19). The maximum absolute atomic E-state index is 11.7. The lowest BCUT2D eigenvalue weighted by Gasteiger charge is -2.05. The molecule has 104 valence electrons. The molecule has 0 aliphatic carbocycles. The number of carbonyl (C=O) groups excluding carboxylic acids is 2. The zero-order valence-corrected chi connectivity index (χ0v) is 11.2. The fourth-order valence-corrected chi connectivity index (χ4v) is 1.65. The molecule has 0 aliphatic heterocycles. The number of rotatable bonds is 7. The molecule has 0 unspecified atom stereocenters. The molecule has 2 amide bonds. The van der Waals surface area contributed by atoms with Crippen LogP contribution in [0.4, 0.5) is 5.69 Å². The van der Waals surface area contributed by atoms with Crippen LogP contribution >= 0.6 is 0 Å². The van der Waals surface area contributed by atoms with Gasteiger partial charge in [-0.05, 0) is 37.1 Å². The lowest BCUT2D eigenvalue weighted by atomic mass is 10.1. The van der Waals surface area contributed by atoms with Gasteiger partial charge in [0.05, 0.1) is 0 Å². The molecule has 0 atom stereocenters. The van der Waals surface area contributed by atoms with Crippen molar-refractivity contribution < 1.29 is 9.59 Å². The summed E-state index contributed by atoms with van der Waals surface area (Å²) >= 11 is 0. The third-order valence-electron chi connectivity index (χ3n) is 2.82. The van der Waals surface area contributed by atoms with Crippen molar-refractivity contribution in [3.63, 3.8) is 0 Å². The van der Waals surface area contributed by atoms with Crippen LogP contribution in [0.15, 0.2) is 24.3 Å². The summed E-state index contributed by atoms with van der Waals surface area (Å²) in [6, 6.07) is 6.82. The van der Waals surface area contributed by atoms with Crippen molar-refractivity contribution in [1.29, 1.82) is 0 Å². The maximum Gasteiger partial charge on any atom is 0.251 e. The summed E-state index contributed by atoms with van der Waals surface area (Å²) in [6.07, 6.45) is 3.19. The summed E-state index contributed by atoms with van der Waals surface area (Å²) in [7, 11) is 1.63. The highest BCUT2D eigenvalue weighted by Crippen LogP contribution is 2.05. The highest BCUT2D eigenvalue weighted by molar-refractivity contribution is 5.94. The van der Waals surface area contributed by atoms with E-state index >= 15 is 0 Å². The van der Waals surface area contributed by atoms with Gasteiger partial charge in [0.25, 0.3) is 5.91 Å². The molecular weight excluding hydrogens is 242 g/mol. The van der Waals surface area contributed by atoms with Gasteiger partial charge in [-0.15, -0.1) is 0 Å². The van der Waals surface area contributed by atoms with Gasteiger partial charge in [-0.1, -0.05) is 6.42 Å². The summed E-state index contributed by atoms with van der Waals surface area (Å²) in [5, 5.41) is 5.42. The SMILES string of the molecule is CNC(=O)CCCCCNC(=O)c1ccc(N)cc1. The van der Waals surface area contributed by atoms with Crippen molar-refractivity contribution >= 4 is 17.5 Å². The van der Waals surface area contributed by atoms with Crippen LogP contribution < -0.4 is 16.4 Å². The Labute approximate surface area is 113 Å². The lowest BCUT2D eigenvalue weighted by Crippen LogP contribution is -2.24.